The molecule has 1 amide bonds. The van der Waals surface area contributed by atoms with Crippen LogP contribution in [0.3, 0.4) is 0 Å². The number of aryl methyl sites for hydroxylation is 1. The van der Waals surface area contributed by atoms with Gasteiger partial charge in [0.15, 0.2) is 0 Å². The van der Waals surface area contributed by atoms with Gasteiger partial charge < -0.3 is 10.3 Å². The Balaban J connectivity index is 1.78. The van der Waals surface area contributed by atoms with Gasteiger partial charge in [-0.15, -0.1) is 0 Å². The van der Waals surface area contributed by atoms with E-state index in [0.717, 1.165) is 37.2 Å². The highest BCUT2D eigenvalue weighted by Crippen LogP contribution is 2.32. The molecule has 2 aromatic rings. The monoisotopic (exact) mass is 276 g/mol. The van der Waals surface area contributed by atoms with Crippen LogP contribution in [0, 0.1) is 6.92 Å². The molecule has 0 aromatic carbocycles. The van der Waals surface area contributed by atoms with Gasteiger partial charge in [-0.2, -0.15) is 10.1 Å². The molecule has 0 unspecified atom stereocenters. The first-order chi connectivity index (χ1) is 9.65. The predicted molar refractivity (Wildman–Crippen MR) is 68.5 cm³/mol. The number of nitrogens with zero attached hydrogens (tertiary/aromatic N) is 4. The molecule has 1 atom stereocenters. The fourth-order valence-electron chi connectivity index (χ4n) is 2.52. The number of rotatable bonds is 4. The van der Waals surface area contributed by atoms with Gasteiger partial charge >= 0.3 is 0 Å². The predicted octanol–water partition coefficient (Wildman–Crippen LogP) is 0.537. The van der Waals surface area contributed by atoms with Crippen LogP contribution < -0.4 is 5.73 Å². The number of primary amides is 1. The zero-order valence-electron chi connectivity index (χ0n) is 11.2. The van der Waals surface area contributed by atoms with Crippen LogP contribution in [-0.4, -0.2) is 37.7 Å². The number of H-pyrrole nitrogens is 1. The van der Waals surface area contributed by atoms with Crippen LogP contribution in [0.15, 0.2) is 10.7 Å². The SMILES string of the molecule is Cc1[nH]ncc1CN1CCC[C@@H]1c1nc(C(N)=O)no1. The Morgan fingerprint density at radius 1 is 1.65 bits per heavy atom. The maximum Gasteiger partial charge on any atom is 0.290 e. The van der Waals surface area contributed by atoms with Crippen molar-refractivity contribution in [2.75, 3.05) is 6.54 Å². The van der Waals surface area contributed by atoms with E-state index in [1.807, 2.05) is 13.1 Å². The molecule has 3 N–H and O–H groups in total. The Morgan fingerprint density at radius 2 is 2.50 bits per heavy atom. The van der Waals surface area contributed by atoms with Crippen molar-refractivity contribution in [2.24, 2.45) is 5.73 Å². The number of carbonyl (C=O) groups is 1. The van der Waals surface area contributed by atoms with Crippen LogP contribution in [0.25, 0.3) is 0 Å². The van der Waals surface area contributed by atoms with Crippen molar-refractivity contribution in [1.82, 2.24) is 25.2 Å². The van der Waals surface area contributed by atoms with Crippen molar-refractivity contribution in [3.8, 4) is 0 Å². The minimum Gasteiger partial charge on any atom is -0.363 e. The van der Waals surface area contributed by atoms with Gasteiger partial charge in [-0.3, -0.25) is 14.8 Å². The molecule has 0 saturated carbocycles. The Labute approximate surface area is 115 Å². The maximum absolute atomic E-state index is 11.0. The molecule has 0 aliphatic carbocycles. The summed E-state index contributed by atoms with van der Waals surface area (Å²) in [6.45, 7) is 3.70. The lowest BCUT2D eigenvalue weighted by molar-refractivity contribution is 0.0987. The van der Waals surface area contributed by atoms with Crippen molar-refractivity contribution in [2.45, 2.75) is 32.4 Å². The first kappa shape index (κ1) is 12.8. The molecule has 8 heteroatoms. The number of carbonyl (C=O) groups excluding carboxylic acids is 1. The Hall–Kier alpha value is -2.22. The Bertz CT molecular complexity index is 619. The van der Waals surface area contributed by atoms with E-state index < -0.39 is 5.91 Å². The number of hydrogen-bond donors (Lipinski definition) is 2. The highest BCUT2D eigenvalue weighted by molar-refractivity contribution is 5.88. The van der Waals surface area contributed by atoms with Gasteiger partial charge in [-0.1, -0.05) is 5.16 Å². The van der Waals surface area contributed by atoms with Gasteiger partial charge in [-0.05, 0) is 26.3 Å². The summed E-state index contributed by atoms with van der Waals surface area (Å²) in [6.07, 6.45) is 3.81. The second-order valence-electron chi connectivity index (χ2n) is 4.97. The minimum absolute atomic E-state index is 0.0323. The molecular weight excluding hydrogens is 260 g/mol. The standard InChI is InChI=1S/C12H16N6O2/c1-7-8(5-14-16-7)6-18-4-2-3-9(18)12-15-11(10(13)19)17-20-12/h5,9H,2-4,6H2,1H3,(H2,13,19)(H,14,16)/t9-/m1/s1. The van der Waals surface area contributed by atoms with Gasteiger partial charge in [0, 0.05) is 17.8 Å². The molecular formula is C12H16N6O2. The molecule has 0 radical (unpaired) electrons. The molecule has 3 rings (SSSR count). The highest BCUT2D eigenvalue weighted by atomic mass is 16.5. The minimum atomic E-state index is -0.671. The zero-order chi connectivity index (χ0) is 14.1. The lowest BCUT2D eigenvalue weighted by atomic mass is 10.2. The van der Waals surface area contributed by atoms with Crippen molar-refractivity contribution < 1.29 is 9.32 Å². The molecule has 0 spiro atoms. The lowest BCUT2D eigenvalue weighted by Gasteiger charge is -2.20. The zero-order valence-corrected chi connectivity index (χ0v) is 11.2. The van der Waals surface area contributed by atoms with E-state index in [1.165, 1.54) is 0 Å². The third kappa shape index (κ3) is 2.29. The van der Waals surface area contributed by atoms with Gasteiger partial charge in [0.25, 0.3) is 11.7 Å². The summed E-state index contributed by atoms with van der Waals surface area (Å²) in [4.78, 5) is 17.3. The van der Waals surface area contributed by atoms with E-state index in [1.54, 1.807) is 0 Å². The second kappa shape index (κ2) is 5.04. The maximum atomic E-state index is 11.0. The first-order valence-corrected chi connectivity index (χ1v) is 6.51. The van der Waals surface area contributed by atoms with Gasteiger partial charge in [0.1, 0.15) is 0 Å². The molecule has 3 heterocycles. The van der Waals surface area contributed by atoms with E-state index in [-0.39, 0.29) is 11.9 Å². The average Bonchev–Trinajstić information content (AvgIpc) is 3.11. The largest absolute Gasteiger partial charge is 0.363 e. The van der Waals surface area contributed by atoms with Crippen molar-refractivity contribution in [1.29, 1.82) is 0 Å². The van der Waals surface area contributed by atoms with Gasteiger partial charge in [0.05, 0.1) is 12.2 Å². The van der Waals surface area contributed by atoms with Crippen LogP contribution in [0.1, 0.15) is 46.7 Å². The number of hydrogen-bond acceptors (Lipinski definition) is 6. The number of nitrogens with one attached hydrogen (secondary N) is 1. The van der Waals surface area contributed by atoms with Gasteiger partial charge in [-0.25, -0.2) is 0 Å². The Kier molecular flexibility index (Phi) is 3.23. The summed E-state index contributed by atoms with van der Waals surface area (Å²) in [5.74, 6) is -0.279. The fourth-order valence-corrected chi connectivity index (χ4v) is 2.52. The highest BCUT2D eigenvalue weighted by Gasteiger charge is 2.31. The fraction of sp³-hybridized carbons (Fsp3) is 0.500. The van der Waals surface area contributed by atoms with Crippen LogP contribution >= 0.6 is 0 Å². The van der Waals surface area contributed by atoms with Crippen molar-refractivity contribution in [3.63, 3.8) is 0 Å². The van der Waals surface area contributed by atoms with Crippen LogP contribution in [-0.2, 0) is 6.54 Å². The van der Waals surface area contributed by atoms with Crippen LogP contribution in [0.4, 0.5) is 0 Å². The third-order valence-corrected chi connectivity index (χ3v) is 3.62. The smallest absolute Gasteiger partial charge is 0.290 e. The quantitative estimate of drug-likeness (QED) is 0.842. The second-order valence-corrected chi connectivity index (χ2v) is 4.97. The summed E-state index contributed by atoms with van der Waals surface area (Å²) < 4.78 is 5.16. The number of aromatic amines is 1. The third-order valence-electron chi connectivity index (χ3n) is 3.62. The number of likely N-dealkylation sites (tertiary alicyclic amines) is 1. The molecule has 106 valence electrons. The summed E-state index contributed by atoms with van der Waals surface area (Å²) in [7, 11) is 0. The molecule has 1 aliphatic rings. The molecule has 1 saturated heterocycles. The van der Waals surface area contributed by atoms with E-state index in [9.17, 15) is 4.79 Å². The Morgan fingerprint density at radius 3 is 3.15 bits per heavy atom. The molecule has 20 heavy (non-hydrogen) atoms. The molecule has 1 aliphatic heterocycles. The summed E-state index contributed by atoms with van der Waals surface area (Å²) in [6, 6.07) is 0.0323. The number of nitrogens with two attached hydrogens (primary N) is 1. The lowest BCUT2D eigenvalue weighted by Crippen LogP contribution is -2.23. The van der Waals surface area contributed by atoms with Crippen LogP contribution in [0.5, 0.6) is 0 Å². The van der Waals surface area contributed by atoms with E-state index >= 15 is 0 Å². The van der Waals surface area contributed by atoms with E-state index in [0.29, 0.717) is 5.89 Å². The summed E-state index contributed by atoms with van der Waals surface area (Å²) in [5, 5.41) is 10.6. The normalized spacial score (nSPS) is 19.6. The topological polar surface area (TPSA) is 114 Å². The molecule has 2 aromatic heterocycles. The average molecular weight is 276 g/mol. The summed E-state index contributed by atoms with van der Waals surface area (Å²) >= 11 is 0. The van der Waals surface area contributed by atoms with Crippen LogP contribution in [0.2, 0.25) is 0 Å². The molecule has 1 fully saturated rings. The van der Waals surface area contributed by atoms with Gasteiger partial charge in [0.2, 0.25) is 5.89 Å². The van der Waals surface area contributed by atoms with Crippen molar-refractivity contribution >= 4 is 5.91 Å². The van der Waals surface area contributed by atoms with E-state index in [2.05, 4.69) is 25.2 Å². The molecule has 8 nitrogen and oxygen atoms in total. The summed E-state index contributed by atoms with van der Waals surface area (Å²) in [5.41, 5.74) is 7.34. The number of aromatic nitrogens is 4. The number of amides is 1. The molecule has 0 bridgehead atoms. The van der Waals surface area contributed by atoms with E-state index in [4.69, 9.17) is 10.3 Å². The van der Waals surface area contributed by atoms with Crippen molar-refractivity contribution in [3.05, 3.63) is 29.2 Å². The first-order valence-electron chi connectivity index (χ1n) is 6.51.